The van der Waals surface area contributed by atoms with Gasteiger partial charge >= 0.3 is 0 Å². The van der Waals surface area contributed by atoms with E-state index in [-0.39, 0.29) is 11.1 Å². The van der Waals surface area contributed by atoms with Crippen LogP contribution in [0.15, 0.2) is 52.1 Å². The van der Waals surface area contributed by atoms with E-state index >= 15 is 0 Å². The molecule has 0 saturated carbocycles. The van der Waals surface area contributed by atoms with Gasteiger partial charge in [-0.15, -0.1) is 0 Å². The van der Waals surface area contributed by atoms with Crippen LogP contribution < -0.4 is 0 Å². The minimum atomic E-state index is -0.167. The highest BCUT2D eigenvalue weighted by Gasteiger charge is 2.13. The first-order valence-electron chi connectivity index (χ1n) is 5.20. The number of pyridine rings is 1. The molecule has 1 heterocycles. The molecule has 0 aliphatic rings. The molecule has 1 nitrogen and oxygen atoms in total. The number of aromatic nitrogens is 1. The van der Waals surface area contributed by atoms with Crippen molar-refractivity contribution in [2.24, 2.45) is 0 Å². The zero-order valence-corrected chi connectivity index (χ0v) is 11.6. The van der Waals surface area contributed by atoms with Crippen LogP contribution in [0.4, 0.5) is 4.39 Å². The highest BCUT2D eigenvalue weighted by Crippen LogP contribution is 2.37. The van der Waals surface area contributed by atoms with Crippen LogP contribution >= 0.6 is 27.7 Å². The van der Waals surface area contributed by atoms with Crippen LogP contribution in [0.3, 0.4) is 0 Å². The molecule has 0 amide bonds. The first-order chi connectivity index (χ1) is 8.18. The number of thioether (sulfide) groups is 1. The Morgan fingerprint density at radius 1 is 1.24 bits per heavy atom. The summed E-state index contributed by atoms with van der Waals surface area (Å²) >= 11 is 4.98. The molecule has 0 aliphatic carbocycles. The molecular weight excluding hydrogens is 301 g/mol. The third-order valence-electron chi connectivity index (χ3n) is 2.36. The van der Waals surface area contributed by atoms with Gasteiger partial charge in [-0.25, -0.2) is 9.37 Å². The summed E-state index contributed by atoms with van der Waals surface area (Å²) in [5, 5.41) is 0.908. The number of rotatable bonds is 3. The zero-order chi connectivity index (χ0) is 12.3. The van der Waals surface area contributed by atoms with E-state index in [9.17, 15) is 4.39 Å². The van der Waals surface area contributed by atoms with Gasteiger partial charge in [-0.1, -0.05) is 30.0 Å². The summed E-state index contributed by atoms with van der Waals surface area (Å²) < 4.78 is 14.5. The van der Waals surface area contributed by atoms with Crippen molar-refractivity contribution >= 4 is 27.7 Å². The molecule has 1 unspecified atom stereocenters. The SMILES string of the molecule is CC(Sc1ncccc1Br)c1ccccc1F. The summed E-state index contributed by atoms with van der Waals surface area (Å²) in [6, 6.07) is 10.6. The van der Waals surface area contributed by atoms with Gasteiger partial charge in [0.25, 0.3) is 0 Å². The van der Waals surface area contributed by atoms with Crippen LogP contribution in [0.2, 0.25) is 0 Å². The van der Waals surface area contributed by atoms with E-state index in [1.54, 1.807) is 12.3 Å². The average Bonchev–Trinajstić information content (AvgIpc) is 2.32. The van der Waals surface area contributed by atoms with Gasteiger partial charge in [0, 0.05) is 21.5 Å². The Labute approximate surface area is 113 Å². The minimum Gasteiger partial charge on any atom is -0.249 e. The van der Waals surface area contributed by atoms with Crippen LogP contribution in [-0.2, 0) is 0 Å². The van der Waals surface area contributed by atoms with Crippen molar-refractivity contribution in [3.8, 4) is 0 Å². The maximum Gasteiger partial charge on any atom is 0.127 e. The lowest BCUT2D eigenvalue weighted by atomic mass is 10.1. The van der Waals surface area contributed by atoms with Crippen LogP contribution in [0.5, 0.6) is 0 Å². The monoisotopic (exact) mass is 311 g/mol. The van der Waals surface area contributed by atoms with E-state index < -0.39 is 0 Å². The topological polar surface area (TPSA) is 12.9 Å². The molecule has 1 aromatic heterocycles. The fraction of sp³-hybridized carbons (Fsp3) is 0.154. The Morgan fingerprint density at radius 2 is 2.00 bits per heavy atom. The fourth-order valence-corrected chi connectivity index (χ4v) is 2.98. The third kappa shape index (κ3) is 3.07. The first kappa shape index (κ1) is 12.6. The Kier molecular flexibility index (Phi) is 4.18. The Hall–Kier alpha value is -0.870. The lowest BCUT2D eigenvalue weighted by Gasteiger charge is -2.12. The van der Waals surface area contributed by atoms with Crippen molar-refractivity contribution in [2.45, 2.75) is 17.2 Å². The number of nitrogens with zero attached hydrogens (tertiary/aromatic N) is 1. The first-order valence-corrected chi connectivity index (χ1v) is 6.87. The van der Waals surface area contributed by atoms with Gasteiger partial charge in [-0.3, -0.25) is 0 Å². The maximum atomic E-state index is 13.6. The quantitative estimate of drug-likeness (QED) is 0.752. The predicted molar refractivity (Wildman–Crippen MR) is 72.6 cm³/mol. The molecule has 0 fully saturated rings. The molecule has 0 radical (unpaired) electrons. The molecule has 0 N–H and O–H groups in total. The molecular formula is C13H11BrFNS. The van der Waals surface area contributed by atoms with Gasteiger partial charge in [0.2, 0.25) is 0 Å². The van der Waals surface area contributed by atoms with Gasteiger partial charge in [-0.2, -0.15) is 0 Å². The highest BCUT2D eigenvalue weighted by molar-refractivity contribution is 9.10. The normalized spacial score (nSPS) is 12.4. The summed E-state index contributed by atoms with van der Waals surface area (Å²) in [4.78, 5) is 4.27. The fourth-order valence-electron chi connectivity index (χ4n) is 1.49. The third-order valence-corrected chi connectivity index (χ3v) is 4.41. The van der Waals surface area contributed by atoms with Crippen molar-refractivity contribution in [3.63, 3.8) is 0 Å². The van der Waals surface area contributed by atoms with Crippen molar-refractivity contribution in [1.82, 2.24) is 4.98 Å². The van der Waals surface area contributed by atoms with Gasteiger partial charge in [-0.05, 0) is 41.1 Å². The lowest BCUT2D eigenvalue weighted by molar-refractivity contribution is 0.611. The van der Waals surface area contributed by atoms with E-state index in [1.165, 1.54) is 17.8 Å². The standard InChI is InChI=1S/C13H11BrFNS/c1-9(10-5-2-3-7-12(10)15)17-13-11(14)6-4-8-16-13/h2-9H,1H3. The molecule has 0 aliphatic heterocycles. The smallest absolute Gasteiger partial charge is 0.127 e. The number of hydrogen-bond donors (Lipinski definition) is 0. The second-order valence-corrected chi connectivity index (χ2v) is 5.76. The number of benzene rings is 1. The predicted octanol–water partition coefficient (Wildman–Crippen LogP) is 4.84. The van der Waals surface area contributed by atoms with Crippen molar-refractivity contribution in [1.29, 1.82) is 0 Å². The summed E-state index contributed by atoms with van der Waals surface area (Å²) in [6.45, 7) is 1.98. The van der Waals surface area contributed by atoms with Crippen molar-refractivity contribution < 1.29 is 4.39 Å². The second kappa shape index (κ2) is 5.65. The summed E-state index contributed by atoms with van der Waals surface area (Å²) in [7, 11) is 0. The molecule has 2 rings (SSSR count). The molecule has 88 valence electrons. The van der Waals surface area contributed by atoms with Crippen LogP contribution in [0.1, 0.15) is 17.7 Å². The summed E-state index contributed by atoms with van der Waals surface area (Å²) in [5.41, 5.74) is 0.704. The van der Waals surface area contributed by atoms with E-state index in [0.717, 1.165) is 9.50 Å². The van der Waals surface area contributed by atoms with Gasteiger partial charge < -0.3 is 0 Å². The van der Waals surface area contributed by atoms with Crippen LogP contribution in [0, 0.1) is 5.82 Å². The lowest BCUT2D eigenvalue weighted by Crippen LogP contribution is -1.94. The molecule has 0 spiro atoms. The van der Waals surface area contributed by atoms with E-state index in [2.05, 4.69) is 20.9 Å². The van der Waals surface area contributed by atoms with Crippen molar-refractivity contribution in [3.05, 3.63) is 58.4 Å². The zero-order valence-electron chi connectivity index (χ0n) is 9.23. The number of halogens is 2. The molecule has 1 atom stereocenters. The molecule has 0 saturated heterocycles. The maximum absolute atomic E-state index is 13.6. The van der Waals surface area contributed by atoms with E-state index in [0.29, 0.717) is 5.56 Å². The van der Waals surface area contributed by atoms with Gasteiger partial charge in [0.15, 0.2) is 0 Å². The van der Waals surface area contributed by atoms with Crippen LogP contribution in [-0.4, -0.2) is 4.98 Å². The molecule has 1 aromatic carbocycles. The Bertz CT molecular complexity index is 518. The molecule has 17 heavy (non-hydrogen) atoms. The highest BCUT2D eigenvalue weighted by atomic mass is 79.9. The average molecular weight is 312 g/mol. The summed E-state index contributed by atoms with van der Waals surface area (Å²) in [6.07, 6.45) is 1.74. The molecule has 0 bridgehead atoms. The second-order valence-electron chi connectivity index (χ2n) is 3.57. The Morgan fingerprint density at radius 3 is 2.71 bits per heavy atom. The van der Waals surface area contributed by atoms with Crippen molar-refractivity contribution in [2.75, 3.05) is 0 Å². The van der Waals surface area contributed by atoms with Gasteiger partial charge in [0.1, 0.15) is 10.8 Å². The minimum absolute atomic E-state index is 0.0300. The largest absolute Gasteiger partial charge is 0.249 e. The van der Waals surface area contributed by atoms with E-state index in [4.69, 9.17) is 0 Å². The summed E-state index contributed by atoms with van der Waals surface area (Å²) in [5.74, 6) is -0.167. The van der Waals surface area contributed by atoms with E-state index in [1.807, 2.05) is 31.2 Å². The van der Waals surface area contributed by atoms with Crippen LogP contribution in [0.25, 0.3) is 0 Å². The molecule has 4 heteroatoms. The molecule has 2 aromatic rings. The Balaban J connectivity index is 2.20. The number of hydrogen-bond acceptors (Lipinski definition) is 2. The van der Waals surface area contributed by atoms with Gasteiger partial charge in [0.05, 0.1) is 0 Å².